The van der Waals surface area contributed by atoms with Crippen LogP contribution < -0.4 is 10.1 Å². The Morgan fingerprint density at radius 2 is 1.64 bits per heavy atom. The largest absolute Gasteiger partial charge is 0.496 e. The third-order valence-electron chi connectivity index (χ3n) is 6.70. The van der Waals surface area contributed by atoms with Crippen molar-refractivity contribution in [3.8, 4) is 16.9 Å². The van der Waals surface area contributed by atoms with Gasteiger partial charge in [-0.1, -0.05) is 54.6 Å². The maximum absolute atomic E-state index is 12.7. The van der Waals surface area contributed by atoms with Gasteiger partial charge >= 0.3 is 0 Å². The third kappa shape index (κ3) is 5.63. The molecule has 0 aliphatic carbocycles. The zero-order chi connectivity index (χ0) is 23.2. The maximum Gasteiger partial charge on any atom is 0.251 e. The number of likely N-dealkylation sites (tertiary alicyclic amines) is 1. The molecule has 0 spiro atoms. The topological polar surface area (TPSA) is 41.6 Å². The summed E-state index contributed by atoms with van der Waals surface area (Å²) in [4.78, 5) is 15.3. The minimum absolute atomic E-state index is 0.0581. The number of ether oxygens (including phenoxy) is 1. The zero-order valence-electron chi connectivity index (χ0n) is 19.9. The molecule has 4 nitrogen and oxygen atoms in total. The fraction of sp³-hybridized carbons (Fsp3) is 0.345. The number of methoxy groups -OCH3 is 1. The van der Waals surface area contributed by atoms with Crippen molar-refractivity contribution < 1.29 is 9.53 Å². The first kappa shape index (κ1) is 23.1. The Morgan fingerprint density at radius 3 is 2.27 bits per heavy atom. The fourth-order valence-corrected chi connectivity index (χ4v) is 4.67. The number of rotatable bonds is 7. The molecule has 33 heavy (non-hydrogen) atoms. The van der Waals surface area contributed by atoms with Crippen molar-refractivity contribution in [3.63, 3.8) is 0 Å². The molecule has 172 valence electrons. The van der Waals surface area contributed by atoms with Crippen LogP contribution in [0.1, 0.15) is 54.1 Å². The van der Waals surface area contributed by atoms with Crippen LogP contribution in [0.5, 0.6) is 5.75 Å². The SMILES string of the molecule is COc1ccc(CNC(=O)c2ccc(-c3ccccc3)cc2)cc1C1CCN(C(C)C)CC1. The van der Waals surface area contributed by atoms with Crippen LogP contribution in [0.4, 0.5) is 0 Å². The molecule has 0 unspecified atom stereocenters. The Balaban J connectivity index is 1.40. The molecule has 1 aliphatic heterocycles. The van der Waals surface area contributed by atoms with Gasteiger partial charge in [0.05, 0.1) is 7.11 Å². The lowest BCUT2D eigenvalue weighted by Crippen LogP contribution is -2.37. The quantitative estimate of drug-likeness (QED) is 0.497. The van der Waals surface area contributed by atoms with Crippen molar-refractivity contribution in [2.45, 2.75) is 45.2 Å². The van der Waals surface area contributed by atoms with Gasteiger partial charge < -0.3 is 15.0 Å². The van der Waals surface area contributed by atoms with Gasteiger partial charge in [0.2, 0.25) is 0 Å². The van der Waals surface area contributed by atoms with Crippen molar-refractivity contribution in [1.29, 1.82) is 0 Å². The number of carbonyl (C=O) groups excluding carboxylic acids is 1. The van der Waals surface area contributed by atoms with E-state index in [0.29, 0.717) is 24.1 Å². The van der Waals surface area contributed by atoms with Crippen LogP contribution in [0.3, 0.4) is 0 Å². The standard InChI is InChI=1S/C29H34N2O2/c1-21(2)31-17-15-25(16-18-31)27-19-22(9-14-28(27)33-3)20-30-29(32)26-12-10-24(11-13-26)23-7-5-4-6-8-23/h4-14,19,21,25H,15-18,20H2,1-3H3,(H,30,32). The van der Waals surface area contributed by atoms with Gasteiger partial charge in [0.25, 0.3) is 5.91 Å². The lowest BCUT2D eigenvalue weighted by Gasteiger charge is -2.35. The van der Waals surface area contributed by atoms with Gasteiger partial charge in [-0.2, -0.15) is 0 Å². The Labute approximate surface area is 197 Å². The molecule has 0 aromatic heterocycles. The van der Waals surface area contributed by atoms with Gasteiger partial charge in [-0.3, -0.25) is 4.79 Å². The number of benzene rings is 3. The van der Waals surface area contributed by atoms with Crippen LogP contribution in [0.2, 0.25) is 0 Å². The fourth-order valence-electron chi connectivity index (χ4n) is 4.67. The van der Waals surface area contributed by atoms with E-state index in [1.807, 2.05) is 54.6 Å². The first-order valence-electron chi connectivity index (χ1n) is 11.9. The maximum atomic E-state index is 12.7. The zero-order valence-corrected chi connectivity index (χ0v) is 19.9. The van der Waals surface area contributed by atoms with Gasteiger partial charge in [-0.15, -0.1) is 0 Å². The van der Waals surface area contributed by atoms with Crippen molar-refractivity contribution >= 4 is 5.91 Å². The van der Waals surface area contributed by atoms with Gasteiger partial charge in [-0.05, 0) is 86.1 Å². The van der Waals surface area contributed by atoms with Crippen molar-refractivity contribution in [2.24, 2.45) is 0 Å². The smallest absolute Gasteiger partial charge is 0.251 e. The van der Waals surface area contributed by atoms with E-state index in [-0.39, 0.29) is 5.91 Å². The Morgan fingerprint density at radius 1 is 0.970 bits per heavy atom. The molecule has 1 heterocycles. The molecule has 0 bridgehead atoms. The summed E-state index contributed by atoms with van der Waals surface area (Å²) in [7, 11) is 1.74. The summed E-state index contributed by atoms with van der Waals surface area (Å²) in [5.41, 5.74) is 5.29. The molecule has 3 aromatic carbocycles. The molecular weight excluding hydrogens is 408 g/mol. The first-order valence-corrected chi connectivity index (χ1v) is 11.9. The Kier molecular flexibility index (Phi) is 7.46. The summed E-state index contributed by atoms with van der Waals surface area (Å²) in [6, 6.07) is 24.9. The highest BCUT2D eigenvalue weighted by molar-refractivity contribution is 5.94. The van der Waals surface area contributed by atoms with Crippen molar-refractivity contribution in [1.82, 2.24) is 10.2 Å². The molecule has 1 fully saturated rings. The molecule has 1 aliphatic rings. The van der Waals surface area contributed by atoms with Gasteiger partial charge in [0.1, 0.15) is 5.75 Å². The highest BCUT2D eigenvalue weighted by Crippen LogP contribution is 2.35. The number of nitrogens with one attached hydrogen (secondary N) is 1. The van der Waals surface area contributed by atoms with Crippen LogP contribution in [-0.4, -0.2) is 37.0 Å². The van der Waals surface area contributed by atoms with Crippen LogP contribution in [0, 0.1) is 0 Å². The molecule has 0 atom stereocenters. The summed E-state index contributed by atoms with van der Waals surface area (Å²) in [5.74, 6) is 1.39. The molecule has 1 amide bonds. The van der Waals surface area contributed by atoms with Crippen LogP contribution in [0.25, 0.3) is 11.1 Å². The lowest BCUT2D eigenvalue weighted by molar-refractivity contribution is 0.0951. The summed E-state index contributed by atoms with van der Waals surface area (Å²) < 4.78 is 5.67. The van der Waals surface area contributed by atoms with E-state index in [0.717, 1.165) is 48.4 Å². The minimum Gasteiger partial charge on any atom is -0.496 e. The van der Waals surface area contributed by atoms with E-state index in [1.54, 1.807) is 7.11 Å². The van der Waals surface area contributed by atoms with Crippen LogP contribution >= 0.6 is 0 Å². The normalized spacial score (nSPS) is 14.9. The molecule has 3 aromatic rings. The highest BCUT2D eigenvalue weighted by Gasteiger charge is 2.24. The molecule has 4 heteroatoms. The van der Waals surface area contributed by atoms with Crippen LogP contribution in [0.15, 0.2) is 72.8 Å². The summed E-state index contributed by atoms with van der Waals surface area (Å²) in [6.45, 7) is 7.26. The van der Waals surface area contributed by atoms with Crippen molar-refractivity contribution in [2.75, 3.05) is 20.2 Å². The Hall–Kier alpha value is -3.11. The summed E-state index contributed by atoms with van der Waals surface area (Å²) in [6.07, 6.45) is 2.27. The predicted octanol–water partition coefficient (Wildman–Crippen LogP) is 5.88. The molecule has 4 rings (SSSR count). The number of piperidine rings is 1. The van der Waals surface area contributed by atoms with Crippen molar-refractivity contribution in [3.05, 3.63) is 89.5 Å². The molecular formula is C29H34N2O2. The molecule has 1 N–H and O–H groups in total. The van der Waals surface area contributed by atoms with Gasteiger partial charge in [0, 0.05) is 18.2 Å². The van der Waals surface area contributed by atoms with Gasteiger partial charge in [-0.25, -0.2) is 0 Å². The predicted molar refractivity (Wildman–Crippen MR) is 135 cm³/mol. The number of nitrogens with zero attached hydrogens (tertiary/aromatic N) is 1. The second-order valence-corrected chi connectivity index (χ2v) is 9.11. The minimum atomic E-state index is -0.0581. The van der Waals surface area contributed by atoms with E-state index < -0.39 is 0 Å². The van der Waals surface area contributed by atoms with E-state index in [9.17, 15) is 4.79 Å². The average molecular weight is 443 g/mol. The van der Waals surface area contributed by atoms with E-state index in [1.165, 1.54) is 5.56 Å². The second kappa shape index (κ2) is 10.7. The first-order chi connectivity index (χ1) is 16.0. The number of hydrogen-bond donors (Lipinski definition) is 1. The van der Waals surface area contributed by atoms with Gasteiger partial charge in [0.15, 0.2) is 0 Å². The number of hydrogen-bond acceptors (Lipinski definition) is 3. The van der Waals surface area contributed by atoms with Crippen LogP contribution in [-0.2, 0) is 6.54 Å². The Bertz CT molecular complexity index is 1050. The van der Waals surface area contributed by atoms with E-state index >= 15 is 0 Å². The average Bonchev–Trinajstić information content (AvgIpc) is 2.87. The highest BCUT2D eigenvalue weighted by atomic mass is 16.5. The number of carbonyl (C=O) groups is 1. The molecule has 0 saturated carbocycles. The lowest BCUT2D eigenvalue weighted by atomic mass is 9.87. The third-order valence-corrected chi connectivity index (χ3v) is 6.70. The van der Waals surface area contributed by atoms with E-state index in [4.69, 9.17) is 4.74 Å². The monoisotopic (exact) mass is 442 g/mol. The summed E-state index contributed by atoms with van der Waals surface area (Å²) >= 11 is 0. The number of amides is 1. The molecule has 1 saturated heterocycles. The van der Waals surface area contributed by atoms with E-state index in [2.05, 4.69) is 42.3 Å². The second-order valence-electron chi connectivity index (χ2n) is 9.11. The summed E-state index contributed by atoms with van der Waals surface area (Å²) in [5, 5.41) is 3.08. The molecule has 0 radical (unpaired) electrons.